The Morgan fingerprint density at radius 1 is 1.33 bits per heavy atom. The van der Waals surface area contributed by atoms with Gasteiger partial charge >= 0.3 is 0 Å². The highest BCUT2D eigenvalue weighted by atomic mass is 32.2. The number of sulfonamides is 1. The lowest BCUT2D eigenvalue weighted by atomic mass is 10.2. The summed E-state index contributed by atoms with van der Waals surface area (Å²) >= 11 is 0. The molecule has 1 aromatic rings. The van der Waals surface area contributed by atoms with Gasteiger partial charge in [-0.05, 0) is 24.6 Å². The van der Waals surface area contributed by atoms with Gasteiger partial charge in [-0.15, -0.1) is 0 Å². The molecule has 1 N–H and O–H groups in total. The van der Waals surface area contributed by atoms with Crippen LogP contribution < -0.4 is 5.32 Å². The Labute approximate surface area is 125 Å². The van der Waals surface area contributed by atoms with Crippen LogP contribution >= 0.6 is 0 Å². The van der Waals surface area contributed by atoms with Crippen LogP contribution in [0, 0.1) is 6.92 Å². The fourth-order valence-corrected chi connectivity index (χ4v) is 3.79. The summed E-state index contributed by atoms with van der Waals surface area (Å²) in [5.74, 6) is -0.145. The average Bonchev–Trinajstić information content (AvgIpc) is 2.49. The maximum absolute atomic E-state index is 12.7. The molecule has 6 nitrogen and oxygen atoms in total. The molecule has 0 aromatic heterocycles. The highest BCUT2D eigenvalue weighted by molar-refractivity contribution is 7.89. The first-order valence-corrected chi connectivity index (χ1v) is 8.37. The zero-order valence-corrected chi connectivity index (χ0v) is 13.1. The maximum atomic E-state index is 12.7. The molecule has 0 saturated carbocycles. The van der Waals surface area contributed by atoms with E-state index in [4.69, 9.17) is 4.74 Å². The number of hydrogen-bond acceptors (Lipinski definition) is 4. The van der Waals surface area contributed by atoms with E-state index in [1.807, 2.05) is 0 Å². The number of nitrogens with one attached hydrogen (secondary N) is 1. The third-order valence-corrected chi connectivity index (χ3v) is 5.42. The van der Waals surface area contributed by atoms with Crippen molar-refractivity contribution in [3.63, 3.8) is 0 Å². The number of carbonyl (C=O) groups excluding carboxylic acids is 1. The Morgan fingerprint density at radius 2 is 2.00 bits per heavy atom. The number of anilines is 1. The van der Waals surface area contributed by atoms with E-state index in [2.05, 4.69) is 5.32 Å². The number of nitrogens with zero attached hydrogens (tertiary/aromatic N) is 1. The summed E-state index contributed by atoms with van der Waals surface area (Å²) < 4.78 is 32.0. The van der Waals surface area contributed by atoms with Gasteiger partial charge in [0.15, 0.2) is 0 Å². The lowest BCUT2D eigenvalue weighted by Crippen LogP contribution is -2.40. The summed E-state index contributed by atoms with van der Waals surface area (Å²) in [5.41, 5.74) is 1.16. The minimum Gasteiger partial charge on any atom is -0.379 e. The molecule has 0 spiro atoms. The molecule has 0 radical (unpaired) electrons. The summed E-state index contributed by atoms with van der Waals surface area (Å²) in [6, 6.07) is 4.94. The first-order chi connectivity index (χ1) is 9.95. The highest BCUT2D eigenvalue weighted by Crippen LogP contribution is 2.24. The van der Waals surface area contributed by atoms with Crippen LogP contribution in [-0.4, -0.2) is 44.9 Å². The van der Waals surface area contributed by atoms with Gasteiger partial charge in [0.05, 0.1) is 18.1 Å². The Kier molecular flexibility index (Phi) is 4.97. The fourth-order valence-electron chi connectivity index (χ4n) is 2.13. The smallest absolute Gasteiger partial charge is 0.243 e. The predicted molar refractivity (Wildman–Crippen MR) is 79.7 cm³/mol. The number of morpholine rings is 1. The van der Waals surface area contributed by atoms with Crippen molar-refractivity contribution < 1.29 is 17.9 Å². The monoisotopic (exact) mass is 312 g/mol. The van der Waals surface area contributed by atoms with Crippen LogP contribution in [0.1, 0.15) is 18.9 Å². The number of aryl methyl sites for hydroxylation is 1. The first-order valence-electron chi connectivity index (χ1n) is 6.93. The molecular weight excluding hydrogens is 292 g/mol. The van der Waals surface area contributed by atoms with Crippen molar-refractivity contribution in [3.8, 4) is 0 Å². The van der Waals surface area contributed by atoms with Gasteiger partial charge in [0.25, 0.3) is 0 Å². The van der Waals surface area contributed by atoms with E-state index >= 15 is 0 Å². The highest BCUT2D eigenvalue weighted by Gasteiger charge is 2.27. The summed E-state index contributed by atoms with van der Waals surface area (Å²) in [6.07, 6.45) is 0.347. The van der Waals surface area contributed by atoms with Crippen LogP contribution in [0.3, 0.4) is 0 Å². The van der Waals surface area contributed by atoms with E-state index in [0.29, 0.717) is 44.0 Å². The molecule has 0 bridgehead atoms. The van der Waals surface area contributed by atoms with Crippen LogP contribution in [-0.2, 0) is 19.6 Å². The first kappa shape index (κ1) is 15.9. The molecule has 1 aliphatic heterocycles. The van der Waals surface area contributed by atoms with E-state index < -0.39 is 10.0 Å². The van der Waals surface area contributed by atoms with Gasteiger partial charge in [0, 0.05) is 25.2 Å². The van der Waals surface area contributed by atoms with Crippen LogP contribution in [0.15, 0.2) is 23.1 Å². The van der Waals surface area contributed by atoms with Crippen molar-refractivity contribution in [1.82, 2.24) is 4.31 Å². The van der Waals surface area contributed by atoms with Crippen LogP contribution in [0.2, 0.25) is 0 Å². The third kappa shape index (κ3) is 3.61. The zero-order chi connectivity index (χ0) is 15.5. The molecule has 1 heterocycles. The molecule has 1 amide bonds. The molecule has 21 heavy (non-hydrogen) atoms. The quantitative estimate of drug-likeness (QED) is 0.911. The molecule has 116 valence electrons. The number of hydrogen-bond donors (Lipinski definition) is 1. The summed E-state index contributed by atoms with van der Waals surface area (Å²) in [5, 5.41) is 2.69. The van der Waals surface area contributed by atoms with Crippen molar-refractivity contribution in [2.75, 3.05) is 31.6 Å². The van der Waals surface area contributed by atoms with Crippen molar-refractivity contribution >= 4 is 21.6 Å². The van der Waals surface area contributed by atoms with Crippen molar-refractivity contribution in [3.05, 3.63) is 23.8 Å². The van der Waals surface area contributed by atoms with Crippen LogP contribution in [0.4, 0.5) is 5.69 Å². The van der Waals surface area contributed by atoms with E-state index in [-0.39, 0.29) is 10.8 Å². The largest absolute Gasteiger partial charge is 0.379 e. The number of rotatable bonds is 4. The summed E-state index contributed by atoms with van der Waals surface area (Å²) in [6.45, 7) is 5.02. The Morgan fingerprint density at radius 3 is 2.62 bits per heavy atom. The number of amides is 1. The van der Waals surface area contributed by atoms with Crippen molar-refractivity contribution in [2.45, 2.75) is 25.2 Å². The Hall–Kier alpha value is -1.44. The Bertz CT molecular complexity index is 622. The van der Waals surface area contributed by atoms with Crippen molar-refractivity contribution in [2.24, 2.45) is 0 Å². The maximum Gasteiger partial charge on any atom is 0.243 e. The summed E-state index contributed by atoms with van der Waals surface area (Å²) in [7, 11) is -3.56. The van der Waals surface area contributed by atoms with Gasteiger partial charge in [-0.25, -0.2) is 8.42 Å². The van der Waals surface area contributed by atoms with Gasteiger partial charge < -0.3 is 10.1 Å². The number of carbonyl (C=O) groups is 1. The van der Waals surface area contributed by atoms with Gasteiger partial charge in [0.1, 0.15) is 0 Å². The molecule has 1 aliphatic rings. The minimum atomic E-state index is -3.56. The lowest BCUT2D eigenvalue weighted by molar-refractivity contribution is -0.115. The third-order valence-electron chi connectivity index (χ3n) is 3.38. The molecule has 7 heteroatoms. The van der Waals surface area contributed by atoms with E-state index in [9.17, 15) is 13.2 Å². The van der Waals surface area contributed by atoms with E-state index in [1.165, 1.54) is 10.4 Å². The second-order valence-electron chi connectivity index (χ2n) is 4.90. The van der Waals surface area contributed by atoms with Crippen LogP contribution in [0.25, 0.3) is 0 Å². The van der Waals surface area contributed by atoms with Gasteiger partial charge in [-0.3, -0.25) is 4.79 Å². The fraction of sp³-hybridized carbons (Fsp3) is 0.500. The Balaban J connectivity index is 2.33. The molecule has 0 atom stereocenters. The normalized spacial score (nSPS) is 16.7. The van der Waals surface area contributed by atoms with Gasteiger partial charge in [-0.2, -0.15) is 4.31 Å². The summed E-state index contributed by atoms with van der Waals surface area (Å²) in [4.78, 5) is 11.7. The molecule has 0 unspecified atom stereocenters. The topological polar surface area (TPSA) is 75.7 Å². The van der Waals surface area contributed by atoms with E-state index in [1.54, 1.807) is 26.0 Å². The lowest BCUT2D eigenvalue weighted by Gasteiger charge is -2.26. The molecule has 0 aliphatic carbocycles. The second kappa shape index (κ2) is 6.55. The molecule has 1 fully saturated rings. The van der Waals surface area contributed by atoms with E-state index in [0.717, 1.165) is 0 Å². The number of ether oxygens (including phenoxy) is 1. The standard InChI is InChI=1S/C14H20N2O4S/c1-3-14(17)15-12-5-4-11(2)13(10-12)21(18,19)16-6-8-20-9-7-16/h4-5,10H,3,6-9H2,1-2H3,(H,15,17). The number of benzene rings is 1. The molecular formula is C14H20N2O4S. The predicted octanol–water partition coefficient (Wildman–Crippen LogP) is 1.36. The molecule has 2 rings (SSSR count). The average molecular weight is 312 g/mol. The second-order valence-corrected chi connectivity index (χ2v) is 6.80. The van der Waals surface area contributed by atoms with Crippen LogP contribution in [0.5, 0.6) is 0 Å². The van der Waals surface area contributed by atoms with Crippen molar-refractivity contribution in [1.29, 1.82) is 0 Å². The van der Waals surface area contributed by atoms with Gasteiger partial charge in [0.2, 0.25) is 15.9 Å². The molecule has 1 saturated heterocycles. The van der Waals surface area contributed by atoms with Gasteiger partial charge in [-0.1, -0.05) is 13.0 Å². The zero-order valence-electron chi connectivity index (χ0n) is 12.3. The molecule has 1 aromatic carbocycles. The SMILES string of the molecule is CCC(=O)Nc1ccc(C)c(S(=O)(=O)N2CCOCC2)c1. The minimum absolute atomic E-state index is 0.145.